The van der Waals surface area contributed by atoms with Crippen molar-refractivity contribution in [1.29, 1.82) is 0 Å². The van der Waals surface area contributed by atoms with Gasteiger partial charge in [-0.15, -0.1) is 0 Å². The number of benzene rings is 2. The molecule has 0 radical (unpaired) electrons. The van der Waals surface area contributed by atoms with Gasteiger partial charge >= 0.3 is 0 Å². The van der Waals surface area contributed by atoms with Crippen molar-refractivity contribution in [1.82, 2.24) is 0 Å². The van der Waals surface area contributed by atoms with Crippen LogP contribution in [0.4, 0.5) is 11.4 Å². The normalized spacial score (nSPS) is 12.2. The van der Waals surface area contributed by atoms with Crippen LogP contribution in [-0.4, -0.2) is 40.8 Å². The summed E-state index contributed by atoms with van der Waals surface area (Å²) < 4.78 is 36.1. The Labute approximate surface area is 174 Å². The molecule has 0 aromatic heterocycles. The highest BCUT2D eigenvalue weighted by Gasteiger charge is 2.31. The quantitative estimate of drug-likeness (QED) is 0.698. The summed E-state index contributed by atoms with van der Waals surface area (Å²) in [5, 5.41) is 3.10. The van der Waals surface area contributed by atoms with E-state index in [0.717, 1.165) is 10.6 Å². The second-order valence-electron chi connectivity index (χ2n) is 5.89. The molecule has 1 amide bonds. The standard InChI is InChI=1S/C18H20Cl2N2O5S/c1-11(18(23)21-15-10-13(26-2)6-8-17(15)27-3)22(28(4,24)25)16-9-12(19)5-7-14(16)20/h5-11H,1-4H3,(H,21,23)/t11-/m0/s1. The van der Waals surface area contributed by atoms with Gasteiger partial charge in [0, 0.05) is 11.1 Å². The van der Waals surface area contributed by atoms with E-state index in [4.69, 9.17) is 32.7 Å². The Bertz CT molecular complexity index is 982. The number of nitrogens with one attached hydrogen (secondary N) is 1. The van der Waals surface area contributed by atoms with Gasteiger partial charge in [0.25, 0.3) is 0 Å². The number of nitrogens with zero attached hydrogens (tertiary/aromatic N) is 1. The molecule has 152 valence electrons. The van der Waals surface area contributed by atoms with Crippen LogP contribution < -0.4 is 19.1 Å². The molecular formula is C18H20Cl2N2O5S. The van der Waals surface area contributed by atoms with Gasteiger partial charge in [-0.1, -0.05) is 23.2 Å². The number of halogens is 2. The molecule has 0 saturated heterocycles. The van der Waals surface area contributed by atoms with Gasteiger partial charge < -0.3 is 14.8 Å². The molecule has 0 heterocycles. The molecule has 0 fully saturated rings. The molecule has 28 heavy (non-hydrogen) atoms. The number of rotatable bonds is 7. The summed E-state index contributed by atoms with van der Waals surface area (Å²) in [7, 11) is -0.906. The highest BCUT2D eigenvalue weighted by molar-refractivity contribution is 7.92. The van der Waals surface area contributed by atoms with E-state index < -0.39 is 22.0 Å². The predicted molar refractivity (Wildman–Crippen MR) is 111 cm³/mol. The topological polar surface area (TPSA) is 84.9 Å². The predicted octanol–water partition coefficient (Wildman–Crippen LogP) is 3.80. The fraction of sp³-hybridized carbons (Fsp3) is 0.278. The van der Waals surface area contributed by atoms with Gasteiger partial charge in [-0.25, -0.2) is 8.42 Å². The Hall–Kier alpha value is -2.16. The first-order chi connectivity index (χ1) is 13.1. The number of amides is 1. The van der Waals surface area contributed by atoms with Crippen LogP contribution in [0.15, 0.2) is 36.4 Å². The lowest BCUT2D eigenvalue weighted by Gasteiger charge is -2.29. The van der Waals surface area contributed by atoms with Crippen LogP contribution >= 0.6 is 23.2 Å². The first kappa shape index (κ1) is 22.1. The molecule has 1 N–H and O–H groups in total. The molecule has 2 aromatic carbocycles. The highest BCUT2D eigenvalue weighted by atomic mass is 35.5. The Morgan fingerprint density at radius 3 is 2.36 bits per heavy atom. The van der Waals surface area contributed by atoms with Gasteiger partial charge in [0.2, 0.25) is 15.9 Å². The van der Waals surface area contributed by atoms with Gasteiger partial charge in [-0.05, 0) is 37.3 Å². The lowest BCUT2D eigenvalue weighted by atomic mass is 10.2. The Kier molecular flexibility index (Phi) is 7.03. The molecular weight excluding hydrogens is 427 g/mol. The Morgan fingerprint density at radius 2 is 1.79 bits per heavy atom. The third-order valence-electron chi connectivity index (χ3n) is 3.90. The van der Waals surface area contributed by atoms with Crippen molar-refractivity contribution in [2.24, 2.45) is 0 Å². The number of hydrogen-bond donors (Lipinski definition) is 1. The van der Waals surface area contributed by atoms with E-state index in [1.165, 1.54) is 39.3 Å². The van der Waals surface area contributed by atoms with E-state index in [1.807, 2.05) is 0 Å². The molecule has 0 saturated carbocycles. The maximum Gasteiger partial charge on any atom is 0.248 e. The molecule has 2 rings (SSSR count). The van der Waals surface area contributed by atoms with Crippen molar-refractivity contribution in [3.8, 4) is 11.5 Å². The summed E-state index contributed by atoms with van der Waals surface area (Å²) in [4.78, 5) is 12.8. The molecule has 0 bridgehead atoms. The lowest BCUT2D eigenvalue weighted by molar-refractivity contribution is -0.116. The summed E-state index contributed by atoms with van der Waals surface area (Å²) in [6.07, 6.45) is 0.986. The summed E-state index contributed by atoms with van der Waals surface area (Å²) in [5.74, 6) is 0.308. The van der Waals surface area contributed by atoms with Gasteiger partial charge in [0.15, 0.2) is 0 Å². The molecule has 7 nitrogen and oxygen atoms in total. The molecule has 2 aromatic rings. The van der Waals surface area contributed by atoms with E-state index in [2.05, 4.69) is 5.32 Å². The number of ether oxygens (including phenoxy) is 2. The summed E-state index contributed by atoms with van der Waals surface area (Å²) >= 11 is 12.1. The summed E-state index contributed by atoms with van der Waals surface area (Å²) in [5.41, 5.74) is 0.446. The molecule has 1 atom stereocenters. The lowest BCUT2D eigenvalue weighted by Crippen LogP contribution is -2.45. The van der Waals surface area contributed by atoms with Crippen molar-refractivity contribution in [3.05, 3.63) is 46.4 Å². The van der Waals surface area contributed by atoms with Crippen LogP contribution in [0.25, 0.3) is 0 Å². The van der Waals surface area contributed by atoms with Crippen LogP contribution in [0.1, 0.15) is 6.92 Å². The van der Waals surface area contributed by atoms with Crippen molar-refractivity contribution < 1.29 is 22.7 Å². The second kappa shape index (κ2) is 8.89. The van der Waals surface area contributed by atoms with E-state index in [0.29, 0.717) is 17.2 Å². The summed E-state index contributed by atoms with van der Waals surface area (Å²) in [6, 6.07) is 8.13. The van der Waals surface area contributed by atoms with E-state index >= 15 is 0 Å². The zero-order valence-electron chi connectivity index (χ0n) is 15.7. The third kappa shape index (κ3) is 5.01. The van der Waals surface area contributed by atoms with E-state index in [9.17, 15) is 13.2 Å². The maximum absolute atomic E-state index is 12.8. The van der Waals surface area contributed by atoms with Crippen LogP contribution in [0.2, 0.25) is 10.0 Å². The third-order valence-corrected chi connectivity index (χ3v) is 5.68. The minimum Gasteiger partial charge on any atom is -0.497 e. The van der Waals surface area contributed by atoms with Gasteiger partial charge in [-0.2, -0.15) is 0 Å². The highest BCUT2D eigenvalue weighted by Crippen LogP contribution is 2.33. The van der Waals surface area contributed by atoms with Crippen LogP contribution in [0.3, 0.4) is 0 Å². The van der Waals surface area contributed by atoms with Gasteiger partial charge in [0.1, 0.15) is 17.5 Å². The first-order valence-corrected chi connectivity index (χ1v) is 10.7. The number of carbonyl (C=O) groups is 1. The zero-order chi connectivity index (χ0) is 21.1. The molecule has 0 aliphatic rings. The monoisotopic (exact) mass is 446 g/mol. The Morgan fingerprint density at radius 1 is 1.11 bits per heavy atom. The smallest absolute Gasteiger partial charge is 0.248 e. The van der Waals surface area contributed by atoms with Crippen molar-refractivity contribution in [2.45, 2.75) is 13.0 Å². The number of carbonyl (C=O) groups excluding carboxylic acids is 1. The molecule has 0 unspecified atom stereocenters. The van der Waals surface area contributed by atoms with Crippen LogP contribution in [0, 0.1) is 0 Å². The van der Waals surface area contributed by atoms with Crippen LogP contribution in [-0.2, 0) is 14.8 Å². The second-order valence-corrected chi connectivity index (χ2v) is 8.59. The number of methoxy groups -OCH3 is 2. The van der Waals surface area contributed by atoms with Crippen molar-refractivity contribution >= 4 is 50.5 Å². The molecule has 10 heteroatoms. The molecule has 0 aliphatic heterocycles. The zero-order valence-corrected chi connectivity index (χ0v) is 18.0. The molecule has 0 spiro atoms. The maximum atomic E-state index is 12.8. The fourth-order valence-electron chi connectivity index (χ4n) is 2.58. The number of hydrogen-bond acceptors (Lipinski definition) is 5. The van der Waals surface area contributed by atoms with Crippen LogP contribution in [0.5, 0.6) is 11.5 Å². The van der Waals surface area contributed by atoms with E-state index in [1.54, 1.807) is 18.2 Å². The number of anilines is 2. The average Bonchev–Trinajstić information content (AvgIpc) is 2.63. The number of sulfonamides is 1. The van der Waals surface area contributed by atoms with Crippen molar-refractivity contribution in [2.75, 3.05) is 30.1 Å². The van der Waals surface area contributed by atoms with Gasteiger partial charge in [0.05, 0.1) is 36.9 Å². The largest absolute Gasteiger partial charge is 0.497 e. The minimum absolute atomic E-state index is 0.108. The summed E-state index contributed by atoms with van der Waals surface area (Å²) in [6.45, 7) is 1.44. The molecule has 0 aliphatic carbocycles. The Balaban J connectivity index is 2.42. The SMILES string of the molecule is COc1ccc(OC)c(NC(=O)[C@H](C)N(c2cc(Cl)ccc2Cl)S(C)(=O)=O)c1. The van der Waals surface area contributed by atoms with Gasteiger partial charge in [-0.3, -0.25) is 9.10 Å². The van der Waals surface area contributed by atoms with E-state index in [-0.39, 0.29) is 15.7 Å². The minimum atomic E-state index is -3.85. The average molecular weight is 447 g/mol. The fourth-order valence-corrected chi connectivity index (χ4v) is 4.19. The van der Waals surface area contributed by atoms with Crippen molar-refractivity contribution in [3.63, 3.8) is 0 Å². The first-order valence-electron chi connectivity index (χ1n) is 8.05.